The van der Waals surface area contributed by atoms with E-state index < -0.39 is 59.4 Å². The van der Waals surface area contributed by atoms with Gasteiger partial charge in [-0.3, -0.25) is 14.4 Å². The molecule has 2 aliphatic rings. The van der Waals surface area contributed by atoms with Crippen LogP contribution in [0.1, 0.15) is 84.8 Å². The number of rotatable bonds is 14. The first-order valence-corrected chi connectivity index (χ1v) is 21.9. The van der Waals surface area contributed by atoms with Crippen LogP contribution in [-0.2, 0) is 43.4 Å². The Hall–Kier alpha value is -5.86. The first kappa shape index (κ1) is 45.2. The summed E-state index contributed by atoms with van der Waals surface area (Å²) in [5.74, 6) is -2.60. The van der Waals surface area contributed by atoms with Gasteiger partial charge in [-0.15, -0.1) is 0 Å². The quantitative estimate of drug-likeness (QED) is 0.107. The van der Waals surface area contributed by atoms with Gasteiger partial charge in [-0.1, -0.05) is 51.1 Å². The summed E-state index contributed by atoms with van der Waals surface area (Å²) in [6, 6.07) is 16.0. The number of nitrogens with one attached hydrogen (secondary N) is 2. The Bertz CT molecular complexity index is 2460. The molecule has 2 N–H and O–H groups in total. The van der Waals surface area contributed by atoms with Crippen molar-refractivity contribution in [3.05, 3.63) is 89.5 Å². The maximum Gasteiger partial charge on any atom is 0.408 e. The summed E-state index contributed by atoms with van der Waals surface area (Å²) in [6.07, 6.45) is 0.0576. The van der Waals surface area contributed by atoms with E-state index >= 15 is 4.39 Å². The highest BCUT2D eigenvalue weighted by Gasteiger charge is 2.41. The highest BCUT2D eigenvalue weighted by molar-refractivity contribution is 5.92. The smallest absolute Gasteiger partial charge is 0.408 e. The number of aromatic nitrogens is 3. The standard InChI is InChI=1S/C48H57F3N6O6/c1-7-30(20-41(58)62-27-29-12-9-8-10-13-29)45(59)55-19-11-14-34(55)24-37-36-17-15-31(49)22-38(36)52-43(37)44-53-39-23-32(50)16-18-40(39)57(44)26-35-21-33(51)25-56(35)46(60)42(28(2)3)54-47(61)63-48(4,5)6/h8-10,12-13,15-18,22-23,28,30,33-35,42,52H,7,11,14,19-21,24-27H2,1-6H3,(H,54,61)/t30-,33+,34+,35+,42+/m1/s1. The summed E-state index contributed by atoms with van der Waals surface area (Å²) in [6.45, 7) is 11.1. The molecule has 0 unspecified atom stereocenters. The molecule has 3 aromatic carbocycles. The van der Waals surface area contributed by atoms with Gasteiger partial charge in [0.15, 0.2) is 5.82 Å². The van der Waals surface area contributed by atoms with Crippen molar-refractivity contribution in [2.45, 2.75) is 123 Å². The predicted octanol–water partition coefficient (Wildman–Crippen LogP) is 8.64. The summed E-state index contributed by atoms with van der Waals surface area (Å²) < 4.78 is 58.0. The van der Waals surface area contributed by atoms with E-state index in [9.17, 15) is 28.0 Å². The molecule has 7 rings (SSSR count). The second-order valence-corrected chi connectivity index (χ2v) is 18.2. The summed E-state index contributed by atoms with van der Waals surface area (Å²) in [5, 5.41) is 3.41. The Morgan fingerprint density at radius 3 is 2.40 bits per heavy atom. The van der Waals surface area contributed by atoms with Crippen LogP contribution in [0.25, 0.3) is 33.5 Å². The highest BCUT2D eigenvalue weighted by Crippen LogP contribution is 2.37. The molecule has 2 saturated heterocycles. The number of esters is 1. The predicted molar refractivity (Wildman–Crippen MR) is 233 cm³/mol. The number of alkyl halides is 1. The number of alkyl carbamates (subject to hydrolysis) is 1. The molecule has 336 valence electrons. The number of halogens is 3. The van der Waals surface area contributed by atoms with Gasteiger partial charge < -0.3 is 34.1 Å². The number of hydrogen-bond donors (Lipinski definition) is 2. The molecule has 0 aliphatic carbocycles. The van der Waals surface area contributed by atoms with Gasteiger partial charge in [0.1, 0.15) is 36.1 Å². The number of amides is 3. The van der Waals surface area contributed by atoms with Crippen LogP contribution in [0.5, 0.6) is 0 Å². The van der Waals surface area contributed by atoms with Gasteiger partial charge in [-0.2, -0.15) is 0 Å². The number of ether oxygens (including phenoxy) is 2. The SMILES string of the molecule is CC[C@H](CC(=O)OCc1ccccc1)C(=O)N1CCC[C@H]1Cc1c(-c2nc3cc(F)ccc3n2C[C@@H]2C[C@H](F)CN2C(=O)[C@@H](NC(=O)OC(C)(C)C)C(C)C)[nH]c2cc(F)ccc12. The van der Waals surface area contributed by atoms with Gasteiger partial charge in [-0.25, -0.2) is 22.9 Å². The third kappa shape index (κ3) is 10.3. The van der Waals surface area contributed by atoms with E-state index in [1.54, 1.807) is 46.8 Å². The van der Waals surface area contributed by atoms with Crippen LogP contribution in [0.15, 0.2) is 66.7 Å². The molecule has 5 atom stereocenters. The number of fused-ring (bicyclic) bond motifs is 2. The van der Waals surface area contributed by atoms with Crippen LogP contribution >= 0.6 is 0 Å². The van der Waals surface area contributed by atoms with Crippen LogP contribution in [0.4, 0.5) is 18.0 Å². The van der Waals surface area contributed by atoms with Crippen LogP contribution < -0.4 is 5.32 Å². The zero-order valence-corrected chi connectivity index (χ0v) is 36.8. The van der Waals surface area contributed by atoms with Gasteiger partial charge in [-0.05, 0) is 93.8 Å². The molecule has 0 spiro atoms. The minimum atomic E-state index is -1.35. The average Bonchev–Trinajstić information content (AvgIpc) is 4.02. The molecule has 63 heavy (non-hydrogen) atoms. The monoisotopic (exact) mass is 870 g/mol. The van der Waals surface area contributed by atoms with Gasteiger partial charge in [0.2, 0.25) is 11.8 Å². The van der Waals surface area contributed by atoms with Crippen molar-refractivity contribution in [3.8, 4) is 11.5 Å². The third-order valence-corrected chi connectivity index (χ3v) is 12.0. The second-order valence-electron chi connectivity index (χ2n) is 18.2. The fraction of sp³-hybridized carbons (Fsp3) is 0.479. The number of imidazole rings is 1. The Kier molecular flexibility index (Phi) is 13.5. The van der Waals surface area contributed by atoms with Crippen molar-refractivity contribution in [2.24, 2.45) is 11.8 Å². The molecule has 2 aliphatic heterocycles. The largest absolute Gasteiger partial charge is 0.461 e. The van der Waals surface area contributed by atoms with E-state index in [4.69, 9.17) is 14.5 Å². The fourth-order valence-corrected chi connectivity index (χ4v) is 8.96. The van der Waals surface area contributed by atoms with Gasteiger partial charge in [0.05, 0.1) is 35.7 Å². The lowest BCUT2D eigenvalue weighted by Gasteiger charge is -2.32. The molecule has 4 heterocycles. The first-order chi connectivity index (χ1) is 30.0. The molecule has 0 saturated carbocycles. The molecule has 12 nitrogen and oxygen atoms in total. The van der Waals surface area contributed by atoms with Crippen molar-refractivity contribution in [1.29, 1.82) is 0 Å². The molecule has 3 amide bonds. The number of likely N-dealkylation sites (tertiary alicyclic amines) is 2. The number of hydrogen-bond acceptors (Lipinski definition) is 7. The van der Waals surface area contributed by atoms with Crippen molar-refractivity contribution in [2.75, 3.05) is 13.1 Å². The number of carbonyl (C=O) groups excluding carboxylic acids is 4. The molecule has 15 heteroatoms. The average molecular weight is 871 g/mol. The zero-order chi connectivity index (χ0) is 45.2. The van der Waals surface area contributed by atoms with Gasteiger partial charge >= 0.3 is 12.1 Å². The number of carbonyl (C=O) groups is 4. The van der Waals surface area contributed by atoms with Gasteiger partial charge in [0, 0.05) is 48.4 Å². The van der Waals surface area contributed by atoms with Gasteiger partial charge in [0.25, 0.3) is 0 Å². The first-order valence-electron chi connectivity index (χ1n) is 21.9. The molecule has 2 aromatic heterocycles. The van der Waals surface area contributed by atoms with Crippen LogP contribution in [0.2, 0.25) is 0 Å². The molecule has 0 bridgehead atoms. The van der Waals surface area contributed by atoms with E-state index in [0.29, 0.717) is 59.3 Å². The summed E-state index contributed by atoms with van der Waals surface area (Å²) in [7, 11) is 0. The lowest BCUT2D eigenvalue weighted by Crippen LogP contribution is -2.53. The van der Waals surface area contributed by atoms with E-state index in [1.807, 2.05) is 46.7 Å². The Morgan fingerprint density at radius 1 is 0.952 bits per heavy atom. The topological polar surface area (TPSA) is 139 Å². The summed E-state index contributed by atoms with van der Waals surface area (Å²) >= 11 is 0. The van der Waals surface area contributed by atoms with Crippen molar-refractivity contribution in [1.82, 2.24) is 29.7 Å². The van der Waals surface area contributed by atoms with E-state index in [1.165, 1.54) is 29.2 Å². The number of nitrogens with zero attached hydrogens (tertiary/aromatic N) is 4. The number of aromatic amines is 1. The Balaban J connectivity index is 1.20. The fourth-order valence-electron chi connectivity index (χ4n) is 8.96. The lowest BCUT2D eigenvalue weighted by molar-refractivity contribution is -0.150. The summed E-state index contributed by atoms with van der Waals surface area (Å²) in [5.41, 5.74) is 2.67. The van der Waals surface area contributed by atoms with E-state index in [-0.39, 0.29) is 50.4 Å². The normalized spacial score (nSPS) is 18.9. The summed E-state index contributed by atoms with van der Waals surface area (Å²) in [4.78, 5) is 65.9. The maximum absolute atomic E-state index is 15.5. The minimum Gasteiger partial charge on any atom is -0.461 e. The second kappa shape index (κ2) is 18.9. The maximum atomic E-state index is 15.5. The van der Waals surface area contributed by atoms with Crippen molar-refractivity contribution >= 4 is 45.8 Å². The molecule has 5 aromatic rings. The van der Waals surface area contributed by atoms with Crippen LogP contribution in [0, 0.1) is 23.5 Å². The number of H-pyrrole nitrogens is 1. The molecular weight excluding hydrogens is 814 g/mol. The molecular formula is C48H57F3N6O6. The molecule has 0 radical (unpaired) electrons. The van der Waals surface area contributed by atoms with Crippen molar-refractivity contribution in [3.63, 3.8) is 0 Å². The van der Waals surface area contributed by atoms with Crippen molar-refractivity contribution < 1.29 is 41.8 Å². The number of benzene rings is 3. The Labute approximate surface area is 365 Å². The van der Waals surface area contributed by atoms with E-state index in [0.717, 1.165) is 17.5 Å². The minimum absolute atomic E-state index is 0.00557. The lowest BCUT2D eigenvalue weighted by atomic mass is 9.97. The van der Waals surface area contributed by atoms with E-state index in [2.05, 4.69) is 10.3 Å². The third-order valence-electron chi connectivity index (χ3n) is 12.0. The molecule has 2 fully saturated rings. The highest BCUT2D eigenvalue weighted by atomic mass is 19.1. The zero-order valence-electron chi connectivity index (χ0n) is 36.8. The van der Waals surface area contributed by atoms with Crippen LogP contribution in [-0.4, -0.2) is 91.2 Å². The van der Waals surface area contributed by atoms with Crippen LogP contribution in [0.3, 0.4) is 0 Å². The Morgan fingerprint density at radius 2 is 1.68 bits per heavy atom.